The zero-order valence-electron chi connectivity index (χ0n) is 11.1. The minimum atomic E-state index is -0.660. The third-order valence-electron chi connectivity index (χ3n) is 2.60. The normalized spacial score (nSPS) is 10.6. The minimum Gasteiger partial charge on any atom is -0.497 e. The lowest BCUT2D eigenvalue weighted by Crippen LogP contribution is -1.96. The molecule has 0 radical (unpaired) electrons. The monoisotopic (exact) mass is 296 g/mol. The number of pyridine rings is 1. The largest absolute Gasteiger partial charge is 0.497 e. The lowest BCUT2D eigenvalue weighted by Gasteiger charge is -2.08. The molecule has 1 aromatic heterocycles. The molecule has 0 fully saturated rings. The highest BCUT2D eigenvalue weighted by Gasteiger charge is 2.12. The molecule has 2 aromatic rings. The number of hydrogen-bond donors (Lipinski definition) is 1. The van der Waals surface area contributed by atoms with Gasteiger partial charge < -0.3 is 10.5 Å². The third kappa shape index (κ3) is 3.39. The molecule has 20 heavy (non-hydrogen) atoms. The van der Waals surface area contributed by atoms with Crippen LogP contribution in [0.25, 0.3) is 0 Å². The third-order valence-corrected chi connectivity index (χ3v) is 3.72. The van der Waals surface area contributed by atoms with E-state index in [-0.39, 0.29) is 10.6 Å². The fourth-order valence-corrected chi connectivity index (χ4v) is 2.59. The first-order valence-electron chi connectivity index (χ1n) is 5.88. The maximum Gasteiger partial charge on any atom is 0.141 e. The molecular weight excluding hydrogens is 282 g/mol. The van der Waals surface area contributed by atoms with Gasteiger partial charge in [-0.05, 0) is 19.1 Å². The zero-order chi connectivity index (χ0) is 14.7. The van der Waals surface area contributed by atoms with Crippen molar-refractivity contribution in [1.29, 1.82) is 0 Å². The Morgan fingerprint density at radius 2 is 1.85 bits per heavy atom. The van der Waals surface area contributed by atoms with Gasteiger partial charge in [0.2, 0.25) is 0 Å². The lowest BCUT2D eigenvalue weighted by atomic mass is 10.3. The Morgan fingerprint density at radius 3 is 2.45 bits per heavy atom. The van der Waals surface area contributed by atoms with Gasteiger partial charge in [-0.2, -0.15) is 0 Å². The topological polar surface area (TPSA) is 48.1 Å². The van der Waals surface area contributed by atoms with Gasteiger partial charge in [-0.3, -0.25) is 4.98 Å². The van der Waals surface area contributed by atoms with Crippen molar-refractivity contribution in [3.63, 3.8) is 0 Å². The van der Waals surface area contributed by atoms with Crippen LogP contribution >= 0.6 is 11.8 Å². The van der Waals surface area contributed by atoms with Crippen molar-refractivity contribution in [1.82, 2.24) is 4.98 Å². The van der Waals surface area contributed by atoms with Gasteiger partial charge in [0.15, 0.2) is 0 Å². The molecule has 2 N–H and O–H groups in total. The van der Waals surface area contributed by atoms with Crippen LogP contribution in [0.5, 0.6) is 5.75 Å². The van der Waals surface area contributed by atoms with E-state index in [4.69, 9.17) is 10.5 Å². The number of rotatable bonds is 4. The van der Waals surface area contributed by atoms with E-state index in [0.29, 0.717) is 17.2 Å². The zero-order valence-corrected chi connectivity index (χ0v) is 11.9. The predicted octanol–water partition coefficient (Wildman–Crippen LogP) is 3.55. The molecule has 3 nitrogen and oxygen atoms in total. The highest BCUT2D eigenvalue weighted by Crippen LogP contribution is 2.30. The average molecular weight is 296 g/mol. The number of nitrogens with two attached hydrogens (primary N) is 1. The standard InChI is InChI=1S/C14H14F2N2OS/c1-8-3-11(19-2)6-10(18-8)7-20-14-12(15)4-9(17)5-13(14)16/h3-6H,7,17H2,1-2H3. The molecule has 0 amide bonds. The van der Waals surface area contributed by atoms with Gasteiger partial charge >= 0.3 is 0 Å². The fraction of sp³-hybridized carbons (Fsp3) is 0.214. The molecule has 6 heteroatoms. The number of halogens is 2. The maximum absolute atomic E-state index is 13.7. The molecule has 1 heterocycles. The van der Waals surface area contributed by atoms with Crippen LogP contribution in [0, 0.1) is 18.6 Å². The van der Waals surface area contributed by atoms with Crippen LogP contribution in [0.15, 0.2) is 29.2 Å². The summed E-state index contributed by atoms with van der Waals surface area (Å²) < 4.78 is 32.4. The summed E-state index contributed by atoms with van der Waals surface area (Å²) >= 11 is 1.04. The summed E-state index contributed by atoms with van der Waals surface area (Å²) in [4.78, 5) is 4.25. The molecule has 2 rings (SSSR count). The number of benzene rings is 1. The van der Waals surface area contributed by atoms with E-state index >= 15 is 0 Å². The van der Waals surface area contributed by atoms with Crippen LogP contribution in [0.2, 0.25) is 0 Å². The van der Waals surface area contributed by atoms with Gasteiger partial charge in [0.1, 0.15) is 17.4 Å². The number of thioether (sulfide) groups is 1. The molecule has 1 aromatic carbocycles. The first-order chi connectivity index (χ1) is 9.49. The van der Waals surface area contributed by atoms with Crippen LogP contribution in [-0.2, 0) is 5.75 Å². The maximum atomic E-state index is 13.7. The Kier molecular flexibility index (Phi) is 4.44. The van der Waals surface area contributed by atoms with Crippen molar-refractivity contribution in [2.45, 2.75) is 17.6 Å². The second-order valence-corrected chi connectivity index (χ2v) is 5.23. The van der Waals surface area contributed by atoms with Crippen molar-refractivity contribution in [3.8, 4) is 5.75 Å². The SMILES string of the molecule is COc1cc(C)nc(CSc2c(F)cc(N)cc2F)c1. The van der Waals surface area contributed by atoms with E-state index < -0.39 is 11.6 Å². The highest BCUT2D eigenvalue weighted by atomic mass is 32.2. The Balaban J connectivity index is 2.19. The summed E-state index contributed by atoms with van der Waals surface area (Å²) in [5.74, 6) is -0.305. The average Bonchev–Trinajstić information content (AvgIpc) is 2.36. The number of nitrogens with zero attached hydrogens (tertiary/aromatic N) is 1. The number of ether oxygens (including phenoxy) is 1. The predicted molar refractivity (Wildman–Crippen MR) is 75.9 cm³/mol. The van der Waals surface area contributed by atoms with Gasteiger partial charge in [-0.1, -0.05) is 0 Å². The summed E-state index contributed by atoms with van der Waals surface area (Å²) in [7, 11) is 1.56. The second kappa shape index (κ2) is 6.09. The van der Waals surface area contributed by atoms with Crippen molar-refractivity contribution in [2.75, 3.05) is 12.8 Å². The van der Waals surface area contributed by atoms with Gasteiger partial charge in [0, 0.05) is 29.3 Å². The number of aryl methyl sites for hydroxylation is 1. The molecule has 106 valence electrons. The second-order valence-electron chi connectivity index (χ2n) is 4.24. The summed E-state index contributed by atoms with van der Waals surface area (Å²) in [5.41, 5.74) is 6.93. The molecule has 0 bridgehead atoms. The summed E-state index contributed by atoms with van der Waals surface area (Å²) in [6, 6.07) is 5.75. The molecule has 0 saturated heterocycles. The molecule has 0 unspecified atom stereocenters. The van der Waals surface area contributed by atoms with Crippen LogP contribution in [0.1, 0.15) is 11.4 Å². The summed E-state index contributed by atoms with van der Waals surface area (Å²) in [6.07, 6.45) is 0. The van der Waals surface area contributed by atoms with E-state index in [1.807, 2.05) is 6.92 Å². The molecule has 0 saturated carbocycles. The van der Waals surface area contributed by atoms with Gasteiger partial charge in [-0.25, -0.2) is 8.78 Å². The Labute approximate surface area is 120 Å². The Bertz CT molecular complexity index is 612. The van der Waals surface area contributed by atoms with E-state index in [1.54, 1.807) is 19.2 Å². The quantitative estimate of drug-likeness (QED) is 0.692. The molecular formula is C14H14F2N2OS. The molecule has 0 spiro atoms. The Hall–Kier alpha value is -1.82. The van der Waals surface area contributed by atoms with Crippen LogP contribution in [0.3, 0.4) is 0 Å². The molecule has 0 aliphatic heterocycles. The molecule has 0 aliphatic rings. The van der Waals surface area contributed by atoms with E-state index in [9.17, 15) is 8.78 Å². The summed E-state index contributed by atoms with van der Waals surface area (Å²) in [6.45, 7) is 1.83. The smallest absolute Gasteiger partial charge is 0.141 e. The molecule has 0 aliphatic carbocycles. The first-order valence-corrected chi connectivity index (χ1v) is 6.87. The molecule has 0 atom stereocenters. The fourth-order valence-electron chi connectivity index (χ4n) is 1.76. The highest BCUT2D eigenvalue weighted by molar-refractivity contribution is 7.98. The van der Waals surface area contributed by atoms with Crippen molar-refractivity contribution in [2.24, 2.45) is 0 Å². The first kappa shape index (κ1) is 14.6. The number of methoxy groups -OCH3 is 1. The van der Waals surface area contributed by atoms with Gasteiger partial charge in [0.05, 0.1) is 17.7 Å². The van der Waals surface area contributed by atoms with Crippen LogP contribution in [0.4, 0.5) is 14.5 Å². The number of nitrogen functional groups attached to an aromatic ring is 1. The number of anilines is 1. The van der Waals surface area contributed by atoms with Crippen molar-refractivity contribution < 1.29 is 13.5 Å². The van der Waals surface area contributed by atoms with E-state index in [0.717, 1.165) is 29.6 Å². The minimum absolute atomic E-state index is 0.0542. The van der Waals surface area contributed by atoms with E-state index in [1.165, 1.54) is 0 Å². The van der Waals surface area contributed by atoms with Crippen LogP contribution in [-0.4, -0.2) is 12.1 Å². The number of hydrogen-bond acceptors (Lipinski definition) is 4. The van der Waals surface area contributed by atoms with E-state index in [2.05, 4.69) is 4.98 Å². The van der Waals surface area contributed by atoms with Crippen molar-refractivity contribution in [3.05, 3.63) is 47.3 Å². The van der Waals surface area contributed by atoms with Gasteiger partial charge in [-0.15, -0.1) is 11.8 Å². The van der Waals surface area contributed by atoms with Crippen molar-refractivity contribution >= 4 is 17.4 Å². The van der Waals surface area contributed by atoms with Gasteiger partial charge in [0.25, 0.3) is 0 Å². The lowest BCUT2D eigenvalue weighted by molar-refractivity contribution is 0.413. The summed E-state index contributed by atoms with van der Waals surface area (Å²) in [5, 5.41) is 0. The van der Waals surface area contributed by atoms with Crippen LogP contribution < -0.4 is 10.5 Å². The Morgan fingerprint density at radius 1 is 1.20 bits per heavy atom. The number of aromatic nitrogens is 1.